The Morgan fingerprint density at radius 2 is 2.21 bits per heavy atom. The van der Waals surface area contributed by atoms with Gasteiger partial charge in [-0.05, 0) is 24.3 Å². The minimum Gasteiger partial charge on any atom is -0.435 e. The van der Waals surface area contributed by atoms with Crippen molar-refractivity contribution in [2.24, 2.45) is 10.9 Å². The van der Waals surface area contributed by atoms with Gasteiger partial charge in [-0.25, -0.2) is 0 Å². The van der Waals surface area contributed by atoms with Gasteiger partial charge in [-0.2, -0.15) is 5.10 Å². The van der Waals surface area contributed by atoms with Crippen molar-refractivity contribution in [1.29, 1.82) is 0 Å². The summed E-state index contributed by atoms with van der Waals surface area (Å²) in [5.41, 5.74) is 5.84. The molecule has 2 rings (SSSR count). The third kappa shape index (κ3) is 3.12. The molecule has 0 unspecified atom stereocenters. The summed E-state index contributed by atoms with van der Waals surface area (Å²) in [7, 11) is 0. The lowest BCUT2D eigenvalue weighted by atomic mass is 10.3. The number of ether oxygens (including phenoxy) is 1. The SMILES string of the molecule is N/C(=N/O)c1ccnnc1Oc1cc(Br)ccc1Cl. The molecule has 8 heteroatoms. The summed E-state index contributed by atoms with van der Waals surface area (Å²) in [6.45, 7) is 0. The number of amidine groups is 1. The van der Waals surface area contributed by atoms with Crippen molar-refractivity contribution in [2.75, 3.05) is 0 Å². The van der Waals surface area contributed by atoms with Crippen LogP contribution in [0, 0.1) is 0 Å². The maximum absolute atomic E-state index is 8.70. The Bertz CT molecular complexity index is 636. The molecule has 0 spiro atoms. The molecule has 0 fully saturated rings. The number of nitrogens with two attached hydrogens (primary N) is 1. The minimum atomic E-state index is -0.129. The van der Waals surface area contributed by atoms with E-state index in [0.717, 1.165) is 4.47 Å². The summed E-state index contributed by atoms with van der Waals surface area (Å²) in [6.07, 6.45) is 1.41. The van der Waals surface area contributed by atoms with Gasteiger partial charge in [0, 0.05) is 4.47 Å². The van der Waals surface area contributed by atoms with Crippen LogP contribution in [0.25, 0.3) is 0 Å². The summed E-state index contributed by atoms with van der Waals surface area (Å²) in [4.78, 5) is 0. The Kier molecular flexibility index (Phi) is 4.18. The summed E-state index contributed by atoms with van der Waals surface area (Å²) in [5.74, 6) is 0.345. The van der Waals surface area contributed by atoms with E-state index in [1.54, 1.807) is 18.2 Å². The molecule has 1 aromatic heterocycles. The fourth-order valence-corrected chi connectivity index (χ4v) is 1.80. The first-order valence-electron chi connectivity index (χ1n) is 5.04. The maximum atomic E-state index is 8.70. The standard InChI is InChI=1S/C11H8BrClN4O2/c12-6-1-2-8(13)9(5-6)19-11-7(10(14)17-18)3-4-15-16-11/h1-5,18H,(H2,14,17). The van der Waals surface area contributed by atoms with Crippen LogP contribution >= 0.6 is 27.5 Å². The van der Waals surface area contributed by atoms with Crippen LogP contribution in [-0.4, -0.2) is 21.2 Å². The first-order chi connectivity index (χ1) is 9.11. The van der Waals surface area contributed by atoms with Crippen LogP contribution in [0.3, 0.4) is 0 Å². The molecule has 6 nitrogen and oxygen atoms in total. The first kappa shape index (κ1) is 13.6. The van der Waals surface area contributed by atoms with Crippen LogP contribution in [0.15, 0.2) is 40.1 Å². The van der Waals surface area contributed by atoms with Crippen molar-refractivity contribution in [3.8, 4) is 11.6 Å². The van der Waals surface area contributed by atoms with Crippen LogP contribution in [-0.2, 0) is 0 Å². The van der Waals surface area contributed by atoms with Gasteiger partial charge in [0.05, 0.1) is 16.8 Å². The van der Waals surface area contributed by atoms with E-state index in [1.165, 1.54) is 12.3 Å². The summed E-state index contributed by atoms with van der Waals surface area (Å²) in [5, 5.41) is 19.5. The van der Waals surface area contributed by atoms with Crippen molar-refractivity contribution in [3.63, 3.8) is 0 Å². The van der Waals surface area contributed by atoms with E-state index in [2.05, 4.69) is 31.3 Å². The number of rotatable bonds is 3. The van der Waals surface area contributed by atoms with E-state index in [1.807, 2.05) is 0 Å². The third-order valence-electron chi connectivity index (χ3n) is 2.17. The molecule has 0 aliphatic rings. The largest absolute Gasteiger partial charge is 0.435 e. The van der Waals surface area contributed by atoms with Gasteiger partial charge >= 0.3 is 0 Å². The molecule has 98 valence electrons. The monoisotopic (exact) mass is 342 g/mol. The van der Waals surface area contributed by atoms with Crippen molar-refractivity contribution in [2.45, 2.75) is 0 Å². The molecule has 1 aromatic carbocycles. The smallest absolute Gasteiger partial charge is 0.250 e. The summed E-state index contributed by atoms with van der Waals surface area (Å²) >= 11 is 9.31. The number of nitrogens with zero attached hydrogens (tertiary/aromatic N) is 3. The lowest BCUT2D eigenvalue weighted by molar-refractivity contribution is 0.318. The molecule has 3 N–H and O–H groups in total. The van der Waals surface area contributed by atoms with E-state index >= 15 is 0 Å². The van der Waals surface area contributed by atoms with Gasteiger partial charge in [-0.3, -0.25) is 0 Å². The number of oxime groups is 1. The lowest BCUT2D eigenvalue weighted by Crippen LogP contribution is -2.15. The zero-order chi connectivity index (χ0) is 13.8. The second kappa shape index (κ2) is 5.85. The van der Waals surface area contributed by atoms with Gasteiger partial charge in [-0.15, -0.1) is 5.10 Å². The molecule has 0 saturated heterocycles. The summed E-state index contributed by atoms with van der Waals surface area (Å²) < 4.78 is 6.33. The molecule has 0 bridgehead atoms. The molecule has 2 aromatic rings. The molecule has 0 aliphatic heterocycles. The van der Waals surface area contributed by atoms with Crippen LogP contribution in [0.4, 0.5) is 0 Å². The zero-order valence-electron chi connectivity index (χ0n) is 9.42. The van der Waals surface area contributed by atoms with E-state index in [0.29, 0.717) is 16.3 Å². The zero-order valence-corrected chi connectivity index (χ0v) is 11.8. The Labute approximate surface area is 122 Å². The van der Waals surface area contributed by atoms with Crippen molar-refractivity contribution >= 4 is 33.4 Å². The molecule has 1 heterocycles. The normalized spacial score (nSPS) is 11.4. The number of halogens is 2. The molecule has 0 atom stereocenters. The fraction of sp³-hybridized carbons (Fsp3) is 0. The Hall–Kier alpha value is -1.86. The molecule has 19 heavy (non-hydrogen) atoms. The van der Waals surface area contributed by atoms with Gasteiger partial charge in [0.2, 0.25) is 5.88 Å². The van der Waals surface area contributed by atoms with Gasteiger partial charge < -0.3 is 15.7 Å². The van der Waals surface area contributed by atoms with E-state index in [-0.39, 0.29) is 11.7 Å². The molecule has 0 amide bonds. The van der Waals surface area contributed by atoms with Gasteiger partial charge in [0.15, 0.2) is 5.84 Å². The van der Waals surface area contributed by atoms with E-state index < -0.39 is 0 Å². The fourth-order valence-electron chi connectivity index (χ4n) is 1.30. The molecule has 0 saturated carbocycles. The Morgan fingerprint density at radius 1 is 1.42 bits per heavy atom. The first-order valence-corrected chi connectivity index (χ1v) is 6.21. The van der Waals surface area contributed by atoms with E-state index in [4.69, 9.17) is 27.3 Å². The quantitative estimate of drug-likeness (QED) is 0.387. The summed E-state index contributed by atoms with van der Waals surface area (Å²) in [6, 6.07) is 6.63. The maximum Gasteiger partial charge on any atom is 0.250 e. The number of benzene rings is 1. The van der Waals surface area contributed by atoms with Gasteiger partial charge in [0.25, 0.3) is 0 Å². The number of aromatic nitrogens is 2. The topological polar surface area (TPSA) is 93.6 Å². The molecular weight excluding hydrogens is 336 g/mol. The minimum absolute atomic E-state index is 0.0952. The predicted octanol–water partition coefficient (Wildman–Crippen LogP) is 2.78. The highest BCUT2D eigenvalue weighted by molar-refractivity contribution is 9.10. The van der Waals surface area contributed by atoms with Gasteiger partial charge in [-0.1, -0.05) is 32.7 Å². The van der Waals surface area contributed by atoms with Crippen LogP contribution in [0.2, 0.25) is 5.02 Å². The Morgan fingerprint density at radius 3 is 2.95 bits per heavy atom. The number of hydrogen-bond donors (Lipinski definition) is 2. The van der Waals surface area contributed by atoms with Crippen LogP contribution in [0.5, 0.6) is 11.6 Å². The van der Waals surface area contributed by atoms with E-state index in [9.17, 15) is 0 Å². The second-order valence-corrected chi connectivity index (χ2v) is 4.73. The Balaban J connectivity index is 2.41. The van der Waals surface area contributed by atoms with Crippen molar-refractivity contribution in [1.82, 2.24) is 10.2 Å². The highest BCUT2D eigenvalue weighted by atomic mass is 79.9. The number of hydrogen-bond acceptors (Lipinski definition) is 5. The third-order valence-corrected chi connectivity index (χ3v) is 2.98. The van der Waals surface area contributed by atoms with Crippen molar-refractivity contribution < 1.29 is 9.94 Å². The van der Waals surface area contributed by atoms with Crippen molar-refractivity contribution in [3.05, 3.63) is 45.5 Å². The van der Waals surface area contributed by atoms with Gasteiger partial charge in [0.1, 0.15) is 5.75 Å². The van der Waals surface area contributed by atoms with Crippen LogP contribution in [0.1, 0.15) is 5.56 Å². The lowest BCUT2D eigenvalue weighted by Gasteiger charge is -2.09. The molecule has 0 aliphatic carbocycles. The molecule has 0 radical (unpaired) electrons. The highest BCUT2D eigenvalue weighted by Gasteiger charge is 2.13. The average Bonchev–Trinajstić information content (AvgIpc) is 2.42. The molecular formula is C11H8BrClN4O2. The predicted molar refractivity (Wildman–Crippen MR) is 73.8 cm³/mol. The average molecular weight is 344 g/mol. The highest BCUT2D eigenvalue weighted by Crippen LogP contribution is 2.32. The second-order valence-electron chi connectivity index (χ2n) is 3.41. The van der Waals surface area contributed by atoms with Crippen LogP contribution < -0.4 is 10.5 Å².